The summed E-state index contributed by atoms with van der Waals surface area (Å²) < 4.78 is 0. The molecule has 86 valence electrons. The monoisotopic (exact) mass is 220 g/mol. The molecule has 1 N–H and O–H groups in total. The van der Waals surface area contributed by atoms with Gasteiger partial charge in [0.15, 0.2) is 0 Å². The number of pyridine rings is 1. The lowest BCUT2D eigenvalue weighted by Crippen LogP contribution is -2.38. The first-order valence-corrected chi connectivity index (χ1v) is 5.34. The fourth-order valence-electron chi connectivity index (χ4n) is 1.91. The zero-order chi connectivity index (χ0) is 11.9. The second-order valence-electron chi connectivity index (χ2n) is 5.00. The second-order valence-corrected chi connectivity index (χ2v) is 5.00. The van der Waals surface area contributed by atoms with Gasteiger partial charge in [-0.1, -0.05) is 19.9 Å². The molecule has 0 saturated carbocycles. The van der Waals surface area contributed by atoms with Gasteiger partial charge >= 0.3 is 0 Å². The summed E-state index contributed by atoms with van der Waals surface area (Å²) in [5, 5.41) is 10.1. The van der Waals surface area contributed by atoms with E-state index in [2.05, 4.69) is 4.98 Å². The van der Waals surface area contributed by atoms with Gasteiger partial charge in [0.1, 0.15) is 12.0 Å². The molecule has 2 heterocycles. The van der Waals surface area contributed by atoms with Crippen LogP contribution in [0.1, 0.15) is 25.8 Å². The average molecular weight is 220 g/mol. The highest BCUT2D eigenvalue weighted by atomic mass is 16.3. The van der Waals surface area contributed by atoms with E-state index in [1.165, 1.54) is 4.90 Å². The van der Waals surface area contributed by atoms with E-state index in [0.29, 0.717) is 12.2 Å². The molecular weight excluding hydrogens is 204 g/mol. The number of carbonyl (C=O) groups excluding carboxylic acids is 1. The van der Waals surface area contributed by atoms with Crippen LogP contribution in [0.15, 0.2) is 18.3 Å². The van der Waals surface area contributed by atoms with Crippen molar-refractivity contribution in [3.8, 4) is 0 Å². The van der Waals surface area contributed by atoms with Gasteiger partial charge in [0, 0.05) is 18.0 Å². The lowest BCUT2D eigenvalue weighted by atomic mass is 9.91. The number of rotatable bonds is 1. The van der Waals surface area contributed by atoms with Crippen LogP contribution in [0, 0.1) is 12.3 Å². The maximum absolute atomic E-state index is 11.8. The van der Waals surface area contributed by atoms with Gasteiger partial charge in [-0.2, -0.15) is 0 Å². The van der Waals surface area contributed by atoms with Crippen molar-refractivity contribution in [2.24, 2.45) is 5.41 Å². The summed E-state index contributed by atoms with van der Waals surface area (Å²) in [4.78, 5) is 17.4. The molecule has 0 bridgehead atoms. The van der Waals surface area contributed by atoms with Crippen molar-refractivity contribution >= 4 is 11.7 Å². The molecule has 1 aliphatic heterocycles. The first kappa shape index (κ1) is 11.1. The lowest BCUT2D eigenvalue weighted by Gasteiger charge is -2.26. The SMILES string of the molecule is Cc1ccc(N2C(=O)CC(C)(C)C2O)nc1. The van der Waals surface area contributed by atoms with Gasteiger partial charge in [0.25, 0.3) is 0 Å². The van der Waals surface area contributed by atoms with Crippen LogP contribution in [-0.4, -0.2) is 22.2 Å². The van der Waals surface area contributed by atoms with Crippen molar-refractivity contribution in [3.05, 3.63) is 23.9 Å². The fourth-order valence-corrected chi connectivity index (χ4v) is 1.91. The largest absolute Gasteiger partial charge is 0.372 e. The van der Waals surface area contributed by atoms with Crippen molar-refractivity contribution in [3.63, 3.8) is 0 Å². The lowest BCUT2D eigenvalue weighted by molar-refractivity contribution is -0.117. The third-order valence-corrected chi connectivity index (χ3v) is 2.96. The summed E-state index contributed by atoms with van der Waals surface area (Å²) in [7, 11) is 0. The number of carbonyl (C=O) groups is 1. The van der Waals surface area contributed by atoms with Crippen LogP contribution < -0.4 is 4.90 Å². The molecule has 1 aromatic heterocycles. The van der Waals surface area contributed by atoms with Gasteiger partial charge < -0.3 is 5.11 Å². The minimum atomic E-state index is -0.796. The van der Waals surface area contributed by atoms with Gasteiger partial charge in [-0.05, 0) is 18.6 Å². The van der Waals surface area contributed by atoms with Crippen LogP contribution in [0.5, 0.6) is 0 Å². The molecule has 1 unspecified atom stereocenters. The van der Waals surface area contributed by atoms with E-state index in [1.807, 2.05) is 26.8 Å². The second kappa shape index (κ2) is 3.56. The molecule has 1 amide bonds. The number of aromatic nitrogens is 1. The number of aliphatic hydroxyl groups excluding tert-OH is 1. The minimum Gasteiger partial charge on any atom is -0.372 e. The smallest absolute Gasteiger partial charge is 0.231 e. The number of hydrogen-bond acceptors (Lipinski definition) is 3. The number of aliphatic hydroxyl groups is 1. The maximum Gasteiger partial charge on any atom is 0.231 e. The maximum atomic E-state index is 11.8. The quantitative estimate of drug-likeness (QED) is 0.779. The normalized spacial score (nSPS) is 23.9. The molecule has 16 heavy (non-hydrogen) atoms. The van der Waals surface area contributed by atoms with Crippen LogP contribution in [0.3, 0.4) is 0 Å². The third kappa shape index (κ3) is 1.69. The van der Waals surface area contributed by atoms with E-state index in [0.717, 1.165) is 5.56 Å². The summed E-state index contributed by atoms with van der Waals surface area (Å²) in [5.41, 5.74) is 0.619. The zero-order valence-electron chi connectivity index (χ0n) is 9.77. The van der Waals surface area contributed by atoms with Gasteiger partial charge in [-0.3, -0.25) is 9.69 Å². The predicted molar refractivity (Wildman–Crippen MR) is 60.9 cm³/mol. The van der Waals surface area contributed by atoms with E-state index >= 15 is 0 Å². The van der Waals surface area contributed by atoms with Crippen molar-refractivity contribution in [1.29, 1.82) is 0 Å². The Balaban J connectivity index is 2.35. The third-order valence-electron chi connectivity index (χ3n) is 2.96. The summed E-state index contributed by atoms with van der Waals surface area (Å²) in [6, 6.07) is 3.64. The standard InChI is InChI=1S/C12H16N2O2/c1-8-4-5-9(13-7-8)14-10(15)6-12(2,3)11(14)16/h4-5,7,11,16H,6H2,1-3H3. The van der Waals surface area contributed by atoms with Crippen LogP contribution in [-0.2, 0) is 4.79 Å². The molecule has 1 saturated heterocycles. The molecule has 1 aliphatic rings. The van der Waals surface area contributed by atoms with E-state index < -0.39 is 11.6 Å². The molecule has 4 nitrogen and oxygen atoms in total. The van der Waals surface area contributed by atoms with E-state index in [1.54, 1.807) is 12.3 Å². The van der Waals surface area contributed by atoms with E-state index in [4.69, 9.17) is 0 Å². The summed E-state index contributed by atoms with van der Waals surface area (Å²) >= 11 is 0. The number of amides is 1. The molecule has 2 rings (SSSR count). The first-order chi connectivity index (χ1) is 7.42. The Labute approximate surface area is 94.9 Å². The van der Waals surface area contributed by atoms with E-state index in [9.17, 15) is 9.90 Å². The molecule has 4 heteroatoms. The highest BCUT2D eigenvalue weighted by molar-refractivity contribution is 5.95. The van der Waals surface area contributed by atoms with Crippen molar-refractivity contribution < 1.29 is 9.90 Å². The van der Waals surface area contributed by atoms with Gasteiger partial charge in [0.2, 0.25) is 5.91 Å². The van der Waals surface area contributed by atoms with Gasteiger partial charge in [-0.15, -0.1) is 0 Å². The van der Waals surface area contributed by atoms with Crippen molar-refractivity contribution in [1.82, 2.24) is 4.98 Å². The van der Waals surface area contributed by atoms with Gasteiger partial charge in [0.05, 0.1) is 0 Å². The molecule has 0 radical (unpaired) electrons. The Morgan fingerprint density at radius 1 is 1.50 bits per heavy atom. The number of anilines is 1. The highest BCUT2D eigenvalue weighted by Gasteiger charge is 2.45. The summed E-state index contributed by atoms with van der Waals surface area (Å²) in [5.74, 6) is 0.447. The Kier molecular flexibility index (Phi) is 2.46. The van der Waals surface area contributed by atoms with E-state index in [-0.39, 0.29) is 5.91 Å². The van der Waals surface area contributed by atoms with Gasteiger partial charge in [-0.25, -0.2) is 4.98 Å². The highest BCUT2D eigenvalue weighted by Crippen LogP contribution is 2.37. The van der Waals surface area contributed by atoms with Crippen molar-refractivity contribution in [2.75, 3.05) is 4.90 Å². The molecule has 0 spiro atoms. The average Bonchev–Trinajstić information content (AvgIpc) is 2.39. The van der Waals surface area contributed by atoms with Crippen molar-refractivity contribution in [2.45, 2.75) is 33.4 Å². The summed E-state index contributed by atoms with van der Waals surface area (Å²) in [6.45, 7) is 5.69. The fraction of sp³-hybridized carbons (Fsp3) is 0.500. The van der Waals surface area contributed by atoms with Crippen LogP contribution >= 0.6 is 0 Å². The predicted octanol–water partition coefficient (Wildman–Crippen LogP) is 1.47. The Hall–Kier alpha value is -1.42. The minimum absolute atomic E-state index is 0.0751. The molecule has 0 aliphatic carbocycles. The first-order valence-electron chi connectivity index (χ1n) is 5.34. The molecule has 1 fully saturated rings. The Morgan fingerprint density at radius 3 is 2.62 bits per heavy atom. The van der Waals surface area contributed by atoms with Crippen LogP contribution in [0.25, 0.3) is 0 Å². The number of aryl methyl sites for hydroxylation is 1. The van der Waals surface area contributed by atoms with Crippen LogP contribution in [0.2, 0.25) is 0 Å². The molecule has 0 aromatic carbocycles. The zero-order valence-corrected chi connectivity index (χ0v) is 9.77. The number of nitrogens with zero attached hydrogens (tertiary/aromatic N) is 2. The van der Waals surface area contributed by atoms with Crippen LogP contribution in [0.4, 0.5) is 5.82 Å². The molecule has 1 aromatic rings. The topological polar surface area (TPSA) is 53.4 Å². The number of hydrogen-bond donors (Lipinski definition) is 1. The summed E-state index contributed by atoms with van der Waals surface area (Å²) in [6.07, 6.45) is 1.25. The Bertz CT molecular complexity index is 412. The Morgan fingerprint density at radius 2 is 2.19 bits per heavy atom. The molecule has 1 atom stereocenters. The molecular formula is C12H16N2O2.